The van der Waals surface area contributed by atoms with Crippen LogP contribution in [0.2, 0.25) is 0 Å². The smallest absolute Gasteiger partial charge is 0.407 e. The lowest BCUT2D eigenvalue weighted by atomic mass is 10.1. The topological polar surface area (TPSA) is 105 Å². The summed E-state index contributed by atoms with van der Waals surface area (Å²) in [7, 11) is 0. The van der Waals surface area contributed by atoms with Crippen LogP contribution in [0.5, 0.6) is 0 Å². The van der Waals surface area contributed by atoms with Gasteiger partial charge in [0.05, 0.1) is 23.7 Å². The van der Waals surface area contributed by atoms with Gasteiger partial charge in [0.25, 0.3) is 0 Å². The third kappa shape index (κ3) is 5.58. The molecule has 8 nitrogen and oxygen atoms in total. The predicted molar refractivity (Wildman–Crippen MR) is 135 cm³/mol. The maximum atomic E-state index is 12.2. The molecule has 0 aliphatic carbocycles. The minimum Gasteiger partial charge on any atom is -0.444 e. The number of nitrogens with one attached hydrogen (secondary N) is 2. The largest absolute Gasteiger partial charge is 0.444 e. The van der Waals surface area contributed by atoms with Gasteiger partial charge >= 0.3 is 6.09 Å². The average molecular weight is 469 g/mol. The number of benzene rings is 2. The Balaban J connectivity index is 1.68. The van der Waals surface area contributed by atoms with E-state index in [9.17, 15) is 10.1 Å². The predicted octanol–water partition coefficient (Wildman–Crippen LogP) is 5.24. The average Bonchev–Trinajstić information content (AvgIpc) is 3.17. The van der Waals surface area contributed by atoms with Crippen LogP contribution < -0.4 is 10.6 Å². The standard InChI is InChI=1S/C27H28N6O2/c1-18-13-22-20(14-28)11-8-12-23(22)33(18)25-30-16-21(17-31-26(34)35-27(2,3)4)24(32-25)29-15-19-9-6-5-7-10-19/h5-13,16H,15,17H2,1-4H3,(H,31,34)(H,29,30,32). The Morgan fingerprint density at radius 2 is 1.89 bits per heavy atom. The highest BCUT2D eigenvalue weighted by atomic mass is 16.6. The first kappa shape index (κ1) is 23.8. The first-order chi connectivity index (χ1) is 16.7. The number of carbonyl (C=O) groups is 1. The number of alkyl carbamates (subject to hydrolysis) is 1. The molecule has 4 aromatic rings. The first-order valence-electron chi connectivity index (χ1n) is 11.4. The molecular weight excluding hydrogens is 440 g/mol. The summed E-state index contributed by atoms with van der Waals surface area (Å²) in [4.78, 5) is 21.6. The van der Waals surface area contributed by atoms with Crippen molar-refractivity contribution in [3.05, 3.63) is 83.2 Å². The van der Waals surface area contributed by atoms with Gasteiger partial charge in [0.15, 0.2) is 0 Å². The Bertz CT molecular complexity index is 1400. The van der Waals surface area contributed by atoms with Crippen LogP contribution in [0.15, 0.2) is 60.8 Å². The summed E-state index contributed by atoms with van der Waals surface area (Å²) >= 11 is 0. The van der Waals surface area contributed by atoms with Crippen LogP contribution in [-0.2, 0) is 17.8 Å². The lowest BCUT2D eigenvalue weighted by Crippen LogP contribution is -2.32. The number of hydrogen-bond donors (Lipinski definition) is 2. The van der Waals surface area contributed by atoms with Crippen LogP contribution in [0.1, 0.15) is 43.2 Å². The van der Waals surface area contributed by atoms with Gasteiger partial charge in [0, 0.05) is 29.4 Å². The van der Waals surface area contributed by atoms with Gasteiger partial charge in [-0.25, -0.2) is 9.78 Å². The van der Waals surface area contributed by atoms with Crippen molar-refractivity contribution >= 4 is 22.8 Å². The van der Waals surface area contributed by atoms with Crippen LogP contribution in [0.3, 0.4) is 0 Å². The van der Waals surface area contributed by atoms with Crippen molar-refractivity contribution in [1.82, 2.24) is 19.9 Å². The molecule has 0 unspecified atom stereocenters. The molecule has 2 N–H and O–H groups in total. The van der Waals surface area contributed by atoms with E-state index in [4.69, 9.17) is 9.72 Å². The number of rotatable bonds is 6. The highest BCUT2D eigenvalue weighted by molar-refractivity contribution is 5.88. The Morgan fingerprint density at radius 1 is 1.11 bits per heavy atom. The Morgan fingerprint density at radius 3 is 2.60 bits per heavy atom. The quantitative estimate of drug-likeness (QED) is 0.401. The molecule has 2 aromatic heterocycles. The molecule has 8 heteroatoms. The second kappa shape index (κ2) is 9.85. The number of aromatic nitrogens is 3. The van der Waals surface area contributed by atoms with Crippen LogP contribution in [0, 0.1) is 18.3 Å². The molecule has 0 bridgehead atoms. The summed E-state index contributed by atoms with van der Waals surface area (Å²) in [6.45, 7) is 8.17. The van der Waals surface area contributed by atoms with Gasteiger partial charge in [-0.15, -0.1) is 0 Å². The monoisotopic (exact) mass is 468 g/mol. The van der Waals surface area contributed by atoms with Crippen molar-refractivity contribution in [3.63, 3.8) is 0 Å². The van der Waals surface area contributed by atoms with Gasteiger partial charge in [-0.1, -0.05) is 36.4 Å². The zero-order valence-electron chi connectivity index (χ0n) is 20.3. The summed E-state index contributed by atoms with van der Waals surface area (Å²) in [5, 5.41) is 16.5. The third-order valence-electron chi connectivity index (χ3n) is 5.33. The van der Waals surface area contributed by atoms with Crippen LogP contribution in [0.4, 0.5) is 10.6 Å². The van der Waals surface area contributed by atoms with Crippen LogP contribution in [-0.4, -0.2) is 26.2 Å². The van der Waals surface area contributed by atoms with E-state index in [0.29, 0.717) is 23.9 Å². The highest BCUT2D eigenvalue weighted by Crippen LogP contribution is 2.26. The molecule has 2 aromatic carbocycles. The zero-order chi connectivity index (χ0) is 25.0. The van der Waals surface area contributed by atoms with Crippen molar-refractivity contribution in [2.75, 3.05) is 5.32 Å². The van der Waals surface area contributed by atoms with Gasteiger partial charge in [-0.3, -0.25) is 4.57 Å². The van der Waals surface area contributed by atoms with Gasteiger partial charge in [0.1, 0.15) is 11.4 Å². The molecule has 0 saturated carbocycles. The Labute approximate surface area is 204 Å². The van der Waals surface area contributed by atoms with Crippen molar-refractivity contribution in [2.24, 2.45) is 0 Å². The van der Waals surface area contributed by atoms with Crippen molar-refractivity contribution < 1.29 is 9.53 Å². The van der Waals surface area contributed by atoms with E-state index in [1.165, 1.54) is 0 Å². The van der Waals surface area contributed by atoms with E-state index in [0.717, 1.165) is 27.7 Å². The number of anilines is 1. The number of ether oxygens (including phenoxy) is 1. The number of carbonyl (C=O) groups excluding carboxylic acids is 1. The molecule has 0 radical (unpaired) electrons. The second-order valence-corrected chi connectivity index (χ2v) is 9.21. The molecule has 0 aliphatic heterocycles. The third-order valence-corrected chi connectivity index (χ3v) is 5.33. The fourth-order valence-electron chi connectivity index (χ4n) is 3.78. The molecule has 0 saturated heterocycles. The number of hydrogen-bond acceptors (Lipinski definition) is 6. The van der Waals surface area contributed by atoms with Gasteiger partial charge in [-0.2, -0.15) is 10.2 Å². The molecule has 178 valence electrons. The van der Waals surface area contributed by atoms with Crippen molar-refractivity contribution in [3.8, 4) is 12.0 Å². The van der Waals surface area contributed by atoms with E-state index < -0.39 is 11.7 Å². The number of amides is 1. The van der Waals surface area contributed by atoms with Crippen LogP contribution >= 0.6 is 0 Å². The minimum atomic E-state index is -0.589. The second-order valence-electron chi connectivity index (χ2n) is 9.21. The molecule has 1 amide bonds. The molecule has 4 rings (SSSR count). The van der Waals surface area contributed by atoms with Crippen LogP contribution in [0.25, 0.3) is 16.9 Å². The fraction of sp³-hybridized carbons (Fsp3) is 0.259. The van der Waals surface area contributed by atoms with Crippen molar-refractivity contribution in [2.45, 2.75) is 46.4 Å². The molecule has 2 heterocycles. The van der Waals surface area contributed by atoms with Gasteiger partial charge < -0.3 is 15.4 Å². The molecule has 0 atom stereocenters. The van der Waals surface area contributed by atoms with Gasteiger partial charge in [-0.05, 0) is 51.5 Å². The summed E-state index contributed by atoms with van der Waals surface area (Å²) in [5.41, 5.74) is 3.60. The lowest BCUT2D eigenvalue weighted by Gasteiger charge is -2.20. The normalized spacial score (nSPS) is 11.2. The van der Waals surface area contributed by atoms with Gasteiger partial charge in [0.2, 0.25) is 5.95 Å². The molecular formula is C27H28N6O2. The minimum absolute atomic E-state index is 0.205. The van der Waals surface area contributed by atoms with E-state index in [2.05, 4.69) is 21.7 Å². The maximum Gasteiger partial charge on any atom is 0.407 e. The summed E-state index contributed by atoms with van der Waals surface area (Å²) in [5.74, 6) is 1.08. The lowest BCUT2D eigenvalue weighted by molar-refractivity contribution is 0.0523. The highest BCUT2D eigenvalue weighted by Gasteiger charge is 2.18. The SMILES string of the molecule is Cc1cc2c(C#N)cccc2n1-c1ncc(CNC(=O)OC(C)(C)C)c(NCc2ccccc2)n1. The van der Waals surface area contributed by atoms with Crippen molar-refractivity contribution in [1.29, 1.82) is 5.26 Å². The summed E-state index contributed by atoms with van der Waals surface area (Å²) in [6, 6.07) is 19.8. The Hall–Kier alpha value is -4.38. The maximum absolute atomic E-state index is 12.2. The summed E-state index contributed by atoms with van der Waals surface area (Å²) < 4.78 is 7.28. The van der Waals surface area contributed by atoms with E-state index in [-0.39, 0.29) is 6.54 Å². The number of aryl methyl sites for hydroxylation is 1. The van der Waals surface area contributed by atoms with E-state index in [1.807, 2.05) is 80.8 Å². The number of nitrogens with zero attached hydrogens (tertiary/aromatic N) is 4. The Kier molecular flexibility index (Phi) is 6.69. The molecule has 0 aliphatic rings. The zero-order valence-corrected chi connectivity index (χ0v) is 20.3. The van der Waals surface area contributed by atoms with E-state index >= 15 is 0 Å². The first-order valence-corrected chi connectivity index (χ1v) is 11.4. The molecule has 0 spiro atoms. The fourth-order valence-corrected chi connectivity index (χ4v) is 3.78. The van der Waals surface area contributed by atoms with E-state index in [1.54, 1.807) is 12.3 Å². The number of nitriles is 1. The number of fused-ring (bicyclic) bond motifs is 1. The molecule has 0 fully saturated rings. The summed E-state index contributed by atoms with van der Waals surface area (Å²) in [6.07, 6.45) is 1.19. The molecule has 35 heavy (non-hydrogen) atoms.